The van der Waals surface area contributed by atoms with Gasteiger partial charge in [-0.3, -0.25) is 4.79 Å². The van der Waals surface area contributed by atoms with Crippen molar-refractivity contribution in [2.24, 2.45) is 0 Å². The van der Waals surface area contributed by atoms with Crippen molar-refractivity contribution >= 4 is 17.5 Å². The van der Waals surface area contributed by atoms with E-state index < -0.39 is 0 Å². The van der Waals surface area contributed by atoms with Crippen molar-refractivity contribution in [3.63, 3.8) is 0 Å². The van der Waals surface area contributed by atoms with Crippen molar-refractivity contribution in [3.8, 4) is 5.88 Å². The van der Waals surface area contributed by atoms with Crippen LogP contribution in [0.4, 0.5) is 11.6 Å². The summed E-state index contributed by atoms with van der Waals surface area (Å²) in [5.74, 6) is 3.24. The van der Waals surface area contributed by atoms with Gasteiger partial charge in [-0.1, -0.05) is 0 Å². The molecule has 2 aliphatic rings. The van der Waals surface area contributed by atoms with Gasteiger partial charge in [0.1, 0.15) is 17.5 Å². The molecule has 0 bridgehead atoms. The Hall–Kier alpha value is -2.90. The lowest BCUT2D eigenvalue weighted by Crippen LogP contribution is -2.49. The van der Waals surface area contributed by atoms with Crippen LogP contribution in [0.5, 0.6) is 5.88 Å². The third-order valence-corrected chi connectivity index (χ3v) is 5.57. The van der Waals surface area contributed by atoms with Gasteiger partial charge in [0.2, 0.25) is 5.88 Å². The zero-order valence-corrected chi connectivity index (χ0v) is 17.2. The van der Waals surface area contributed by atoms with E-state index in [9.17, 15) is 4.79 Å². The van der Waals surface area contributed by atoms with Crippen molar-refractivity contribution in [3.05, 3.63) is 35.8 Å². The van der Waals surface area contributed by atoms with E-state index in [0.29, 0.717) is 24.5 Å². The van der Waals surface area contributed by atoms with E-state index in [1.165, 1.54) is 19.3 Å². The van der Waals surface area contributed by atoms with E-state index in [4.69, 9.17) is 4.74 Å². The fourth-order valence-corrected chi connectivity index (χ4v) is 3.96. The second kappa shape index (κ2) is 8.63. The number of carbonyl (C=O) groups is 1. The van der Waals surface area contributed by atoms with E-state index in [-0.39, 0.29) is 5.91 Å². The quantitative estimate of drug-likeness (QED) is 0.784. The van der Waals surface area contributed by atoms with Crippen LogP contribution in [0.25, 0.3) is 0 Å². The van der Waals surface area contributed by atoms with Crippen LogP contribution in [0.15, 0.2) is 24.4 Å². The monoisotopic (exact) mass is 396 g/mol. The van der Waals surface area contributed by atoms with Crippen LogP contribution in [0.2, 0.25) is 0 Å². The summed E-state index contributed by atoms with van der Waals surface area (Å²) in [6.07, 6.45) is 5.35. The van der Waals surface area contributed by atoms with Crippen LogP contribution in [0, 0.1) is 6.92 Å². The molecule has 2 saturated heterocycles. The van der Waals surface area contributed by atoms with Crippen LogP contribution >= 0.6 is 0 Å². The molecular weight excluding hydrogens is 368 g/mol. The fraction of sp³-hybridized carbons (Fsp3) is 0.524. The Labute approximate surface area is 171 Å². The molecule has 4 heterocycles. The van der Waals surface area contributed by atoms with E-state index in [1.54, 1.807) is 25.4 Å². The normalized spacial score (nSPS) is 17.4. The summed E-state index contributed by atoms with van der Waals surface area (Å²) in [7, 11) is 1.55. The molecule has 0 aromatic carbocycles. The Morgan fingerprint density at radius 3 is 2.24 bits per heavy atom. The Kier molecular flexibility index (Phi) is 5.78. The molecule has 1 amide bonds. The maximum Gasteiger partial charge on any atom is 0.254 e. The first-order valence-corrected chi connectivity index (χ1v) is 10.3. The highest BCUT2D eigenvalue weighted by Crippen LogP contribution is 2.23. The largest absolute Gasteiger partial charge is 0.481 e. The number of piperidine rings is 1. The lowest BCUT2D eigenvalue weighted by molar-refractivity contribution is 0.0746. The molecular formula is C21H28N6O2. The van der Waals surface area contributed by atoms with Crippen molar-refractivity contribution < 1.29 is 9.53 Å². The number of hydrogen-bond donors (Lipinski definition) is 0. The average molecular weight is 396 g/mol. The molecule has 2 aromatic heterocycles. The number of aromatic nitrogens is 3. The maximum atomic E-state index is 12.8. The van der Waals surface area contributed by atoms with Crippen molar-refractivity contribution in [2.45, 2.75) is 26.2 Å². The molecule has 2 fully saturated rings. The molecule has 29 heavy (non-hydrogen) atoms. The summed E-state index contributed by atoms with van der Waals surface area (Å²) in [4.78, 5) is 32.7. The van der Waals surface area contributed by atoms with Gasteiger partial charge >= 0.3 is 0 Å². The summed E-state index contributed by atoms with van der Waals surface area (Å²) >= 11 is 0. The molecule has 4 rings (SSSR count). The van der Waals surface area contributed by atoms with Crippen LogP contribution in [0.3, 0.4) is 0 Å². The van der Waals surface area contributed by atoms with E-state index in [0.717, 1.165) is 43.6 Å². The van der Waals surface area contributed by atoms with Gasteiger partial charge in [0.15, 0.2) is 0 Å². The summed E-state index contributed by atoms with van der Waals surface area (Å²) in [6, 6.07) is 5.52. The summed E-state index contributed by atoms with van der Waals surface area (Å²) in [6.45, 7) is 6.90. The van der Waals surface area contributed by atoms with Gasteiger partial charge in [0.05, 0.1) is 7.11 Å². The lowest BCUT2D eigenvalue weighted by Gasteiger charge is -2.36. The van der Waals surface area contributed by atoms with Crippen molar-refractivity contribution in [1.82, 2.24) is 19.9 Å². The lowest BCUT2D eigenvalue weighted by atomic mass is 10.1. The Morgan fingerprint density at radius 2 is 1.59 bits per heavy atom. The van der Waals surface area contributed by atoms with Crippen LogP contribution in [-0.2, 0) is 0 Å². The second-order valence-corrected chi connectivity index (χ2v) is 7.55. The predicted octanol–water partition coefficient (Wildman–Crippen LogP) is 2.14. The number of amides is 1. The van der Waals surface area contributed by atoms with E-state index in [1.807, 2.05) is 11.8 Å². The van der Waals surface area contributed by atoms with Gasteiger partial charge in [0.25, 0.3) is 5.91 Å². The fourth-order valence-electron chi connectivity index (χ4n) is 3.96. The molecule has 0 radical (unpaired) electrons. The number of methoxy groups -OCH3 is 1. The number of carbonyl (C=O) groups excluding carboxylic acids is 1. The van der Waals surface area contributed by atoms with Crippen molar-refractivity contribution in [1.29, 1.82) is 0 Å². The number of hydrogen-bond acceptors (Lipinski definition) is 7. The average Bonchev–Trinajstić information content (AvgIpc) is 2.79. The minimum absolute atomic E-state index is 0.0122. The standard InChI is InChI=1S/C21H28N6O2/c1-16-23-18(25-8-4-3-5-9-25)15-19(24-16)26-10-12-27(13-11-26)21(28)17-6-7-22-20(14-17)29-2/h6-7,14-15H,3-5,8-13H2,1-2H3. The second-order valence-electron chi connectivity index (χ2n) is 7.55. The summed E-state index contributed by atoms with van der Waals surface area (Å²) in [5.41, 5.74) is 0.607. The first-order chi connectivity index (χ1) is 14.1. The van der Waals surface area contributed by atoms with Gasteiger partial charge < -0.3 is 19.4 Å². The molecule has 2 aliphatic heterocycles. The predicted molar refractivity (Wildman–Crippen MR) is 112 cm³/mol. The molecule has 0 saturated carbocycles. The molecule has 154 valence electrons. The number of anilines is 2. The van der Waals surface area contributed by atoms with Gasteiger partial charge in [-0.05, 0) is 32.3 Å². The highest BCUT2D eigenvalue weighted by Gasteiger charge is 2.24. The number of nitrogens with zero attached hydrogens (tertiary/aromatic N) is 6. The Bertz CT molecular complexity index is 860. The highest BCUT2D eigenvalue weighted by molar-refractivity contribution is 5.94. The molecule has 0 spiro atoms. The third-order valence-electron chi connectivity index (χ3n) is 5.57. The Balaban J connectivity index is 1.42. The van der Waals surface area contributed by atoms with Gasteiger partial charge in [-0.25, -0.2) is 15.0 Å². The van der Waals surface area contributed by atoms with Crippen molar-refractivity contribution in [2.75, 3.05) is 56.2 Å². The summed E-state index contributed by atoms with van der Waals surface area (Å²) in [5, 5.41) is 0. The first kappa shape index (κ1) is 19.4. The minimum atomic E-state index is 0.0122. The molecule has 0 unspecified atom stereocenters. The summed E-state index contributed by atoms with van der Waals surface area (Å²) < 4.78 is 5.13. The Morgan fingerprint density at radius 1 is 0.931 bits per heavy atom. The smallest absolute Gasteiger partial charge is 0.254 e. The molecule has 2 aromatic rings. The van der Waals surface area contributed by atoms with Gasteiger partial charge in [-0.2, -0.15) is 0 Å². The first-order valence-electron chi connectivity index (χ1n) is 10.3. The topological polar surface area (TPSA) is 74.7 Å². The number of ether oxygens (including phenoxy) is 1. The van der Waals surface area contributed by atoms with Crippen LogP contribution in [0.1, 0.15) is 35.4 Å². The number of pyridine rings is 1. The van der Waals surface area contributed by atoms with Crippen LogP contribution in [-0.4, -0.2) is 72.1 Å². The highest BCUT2D eigenvalue weighted by atomic mass is 16.5. The minimum Gasteiger partial charge on any atom is -0.481 e. The number of aryl methyl sites for hydroxylation is 1. The van der Waals surface area contributed by atoms with Gasteiger partial charge in [0, 0.05) is 63.2 Å². The van der Waals surface area contributed by atoms with Crippen LogP contribution < -0.4 is 14.5 Å². The molecule has 0 aliphatic carbocycles. The molecule has 8 nitrogen and oxygen atoms in total. The molecule has 0 atom stereocenters. The molecule has 0 N–H and O–H groups in total. The SMILES string of the molecule is COc1cc(C(=O)N2CCN(c3cc(N4CCCCC4)nc(C)n3)CC2)ccn1. The van der Waals surface area contributed by atoms with Gasteiger partial charge in [-0.15, -0.1) is 0 Å². The maximum absolute atomic E-state index is 12.8. The van der Waals surface area contributed by atoms with E-state index >= 15 is 0 Å². The number of rotatable bonds is 4. The number of piperazine rings is 1. The van der Waals surface area contributed by atoms with E-state index in [2.05, 4.69) is 30.8 Å². The zero-order valence-electron chi connectivity index (χ0n) is 17.2. The third kappa shape index (κ3) is 4.41. The molecule has 8 heteroatoms. The zero-order chi connectivity index (χ0) is 20.2.